The quantitative estimate of drug-likeness (QED) is 0.843. The van der Waals surface area contributed by atoms with Crippen LogP contribution in [0.15, 0.2) is 12.1 Å². The van der Waals surface area contributed by atoms with Crippen molar-refractivity contribution in [2.75, 3.05) is 18.9 Å². The molecule has 5 heteroatoms. The topological polar surface area (TPSA) is 58.1 Å². The molecule has 0 bridgehead atoms. The predicted molar refractivity (Wildman–Crippen MR) is 65.9 cm³/mol. The smallest absolute Gasteiger partial charge is 0.274 e. The number of nitrogens with one attached hydrogen (secondary N) is 1. The van der Waals surface area contributed by atoms with Crippen LogP contribution in [-0.2, 0) is 0 Å². The SMILES string of the molecule is CNc1ccc(C(=O)N2CCCC2(C)C)nn1. The van der Waals surface area contributed by atoms with Crippen molar-refractivity contribution in [2.24, 2.45) is 0 Å². The third-order valence-corrected chi connectivity index (χ3v) is 3.29. The predicted octanol–water partition coefficient (Wildman–Crippen LogP) is 1.53. The maximum atomic E-state index is 12.3. The molecule has 2 heterocycles. The summed E-state index contributed by atoms with van der Waals surface area (Å²) in [5.74, 6) is 0.643. The minimum Gasteiger partial charge on any atom is -0.372 e. The van der Waals surface area contributed by atoms with Gasteiger partial charge in [0, 0.05) is 19.1 Å². The molecule has 0 saturated carbocycles. The van der Waals surface area contributed by atoms with Crippen LogP contribution in [0.1, 0.15) is 37.2 Å². The standard InChI is InChI=1S/C12H18N4O/c1-12(2)7-4-8-16(12)11(17)9-5-6-10(13-3)15-14-9/h5-6H,4,7-8H2,1-3H3,(H,13,15). The summed E-state index contributed by atoms with van der Waals surface area (Å²) in [5.41, 5.74) is 0.347. The lowest BCUT2D eigenvalue weighted by Crippen LogP contribution is -2.43. The van der Waals surface area contributed by atoms with Crippen LogP contribution in [0, 0.1) is 0 Å². The lowest BCUT2D eigenvalue weighted by molar-refractivity contribution is 0.0644. The number of amides is 1. The summed E-state index contributed by atoms with van der Waals surface area (Å²) < 4.78 is 0. The Hall–Kier alpha value is -1.65. The van der Waals surface area contributed by atoms with Crippen molar-refractivity contribution in [1.29, 1.82) is 0 Å². The molecule has 1 N–H and O–H groups in total. The second kappa shape index (κ2) is 4.31. The molecule has 0 unspecified atom stereocenters. The molecule has 2 rings (SSSR count). The number of hydrogen-bond donors (Lipinski definition) is 1. The van der Waals surface area contributed by atoms with Gasteiger partial charge < -0.3 is 10.2 Å². The van der Waals surface area contributed by atoms with E-state index in [0.29, 0.717) is 11.5 Å². The van der Waals surface area contributed by atoms with Crippen molar-refractivity contribution < 1.29 is 4.79 Å². The first kappa shape index (κ1) is 11.8. The highest BCUT2D eigenvalue weighted by Crippen LogP contribution is 2.29. The number of aromatic nitrogens is 2. The molecule has 0 radical (unpaired) electrons. The van der Waals surface area contributed by atoms with Crippen LogP contribution >= 0.6 is 0 Å². The van der Waals surface area contributed by atoms with Gasteiger partial charge in [-0.25, -0.2) is 0 Å². The fourth-order valence-electron chi connectivity index (χ4n) is 2.20. The van der Waals surface area contributed by atoms with Gasteiger partial charge in [0.15, 0.2) is 5.69 Å². The molecule has 0 spiro atoms. The Morgan fingerprint density at radius 1 is 1.41 bits per heavy atom. The molecule has 1 fully saturated rings. The fraction of sp³-hybridized carbons (Fsp3) is 0.583. The van der Waals surface area contributed by atoms with Gasteiger partial charge in [-0.05, 0) is 38.8 Å². The van der Waals surface area contributed by atoms with Crippen molar-refractivity contribution in [1.82, 2.24) is 15.1 Å². The summed E-state index contributed by atoms with van der Waals surface area (Å²) in [6, 6.07) is 3.48. The molecule has 0 aliphatic carbocycles. The average Bonchev–Trinajstić information content (AvgIpc) is 2.68. The molecule has 92 valence electrons. The second-order valence-corrected chi connectivity index (χ2v) is 4.93. The van der Waals surface area contributed by atoms with Crippen LogP contribution in [0.2, 0.25) is 0 Å². The molecule has 1 amide bonds. The van der Waals surface area contributed by atoms with E-state index in [4.69, 9.17) is 0 Å². The third kappa shape index (κ3) is 2.23. The maximum absolute atomic E-state index is 12.3. The Kier molecular flexibility index (Phi) is 3.00. The molecular formula is C12H18N4O. The number of rotatable bonds is 2. The van der Waals surface area contributed by atoms with Crippen LogP contribution in [0.4, 0.5) is 5.82 Å². The van der Waals surface area contributed by atoms with Crippen molar-refractivity contribution in [2.45, 2.75) is 32.2 Å². The molecule has 1 aliphatic heterocycles. The Balaban J connectivity index is 2.19. The maximum Gasteiger partial charge on any atom is 0.274 e. The summed E-state index contributed by atoms with van der Waals surface area (Å²) in [6.45, 7) is 4.99. The van der Waals surface area contributed by atoms with E-state index in [1.165, 1.54) is 0 Å². The van der Waals surface area contributed by atoms with Crippen molar-refractivity contribution in [3.63, 3.8) is 0 Å². The van der Waals surface area contributed by atoms with E-state index in [2.05, 4.69) is 29.4 Å². The van der Waals surface area contributed by atoms with Gasteiger partial charge in [0.1, 0.15) is 5.82 Å². The normalized spacial score (nSPS) is 18.2. The number of likely N-dealkylation sites (tertiary alicyclic amines) is 1. The summed E-state index contributed by atoms with van der Waals surface area (Å²) in [5, 5.41) is 10.8. The number of anilines is 1. The third-order valence-electron chi connectivity index (χ3n) is 3.29. The Labute approximate surface area is 101 Å². The molecule has 17 heavy (non-hydrogen) atoms. The van der Waals surface area contributed by atoms with Crippen molar-refractivity contribution in [3.8, 4) is 0 Å². The molecule has 1 aliphatic rings. The first-order valence-electron chi connectivity index (χ1n) is 5.88. The Morgan fingerprint density at radius 2 is 2.18 bits per heavy atom. The highest BCUT2D eigenvalue weighted by atomic mass is 16.2. The summed E-state index contributed by atoms with van der Waals surface area (Å²) >= 11 is 0. The van der Waals surface area contributed by atoms with Gasteiger partial charge in [-0.1, -0.05) is 0 Å². The molecular weight excluding hydrogens is 216 g/mol. The number of hydrogen-bond acceptors (Lipinski definition) is 4. The summed E-state index contributed by atoms with van der Waals surface area (Å²) in [6.07, 6.45) is 2.10. The van der Waals surface area contributed by atoms with E-state index in [0.717, 1.165) is 19.4 Å². The zero-order chi connectivity index (χ0) is 12.5. The highest BCUT2D eigenvalue weighted by Gasteiger charge is 2.36. The van der Waals surface area contributed by atoms with Gasteiger partial charge in [0.05, 0.1) is 0 Å². The van der Waals surface area contributed by atoms with Gasteiger partial charge in [-0.15, -0.1) is 10.2 Å². The fourth-order valence-corrected chi connectivity index (χ4v) is 2.20. The van der Waals surface area contributed by atoms with E-state index in [1.807, 2.05) is 4.90 Å². The van der Waals surface area contributed by atoms with E-state index in [9.17, 15) is 4.79 Å². The molecule has 1 aromatic rings. The molecule has 5 nitrogen and oxygen atoms in total. The molecule has 1 saturated heterocycles. The van der Waals surface area contributed by atoms with Gasteiger partial charge >= 0.3 is 0 Å². The van der Waals surface area contributed by atoms with Gasteiger partial charge in [0.2, 0.25) is 0 Å². The zero-order valence-corrected chi connectivity index (χ0v) is 10.5. The van der Waals surface area contributed by atoms with Crippen LogP contribution in [0.25, 0.3) is 0 Å². The minimum atomic E-state index is -0.0690. The minimum absolute atomic E-state index is 0.0253. The van der Waals surface area contributed by atoms with Gasteiger partial charge in [-0.2, -0.15) is 0 Å². The molecule has 0 atom stereocenters. The first-order valence-corrected chi connectivity index (χ1v) is 5.88. The summed E-state index contributed by atoms with van der Waals surface area (Å²) in [7, 11) is 1.77. The number of carbonyl (C=O) groups is 1. The van der Waals surface area contributed by atoms with Crippen molar-refractivity contribution in [3.05, 3.63) is 17.8 Å². The number of carbonyl (C=O) groups excluding carboxylic acids is 1. The Morgan fingerprint density at radius 3 is 2.65 bits per heavy atom. The Bertz CT molecular complexity index is 413. The van der Waals surface area contributed by atoms with E-state index < -0.39 is 0 Å². The van der Waals surface area contributed by atoms with E-state index in [-0.39, 0.29) is 11.4 Å². The molecule has 0 aromatic carbocycles. The highest BCUT2D eigenvalue weighted by molar-refractivity contribution is 5.93. The molecule has 1 aromatic heterocycles. The monoisotopic (exact) mass is 234 g/mol. The van der Waals surface area contributed by atoms with Crippen LogP contribution in [-0.4, -0.2) is 40.1 Å². The number of nitrogens with zero attached hydrogens (tertiary/aromatic N) is 3. The van der Waals surface area contributed by atoms with Crippen molar-refractivity contribution >= 4 is 11.7 Å². The second-order valence-electron chi connectivity index (χ2n) is 4.93. The van der Waals surface area contributed by atoms with Gasteiger partial charge in [0.25, 0.3) is 5.91 Å². The van der Waals surface area contributed by atoms with Crippen LogP contribution in [0.5, 0.6) is 0 Å². The first-order chi connectivity index (χ1) is 8.04. The van der Waals surface area contributed by atoms with Crippen LogP contribution in [0.3, 0.4) is 0 Å². The lowest BCUT2D eigenvalue weighted by Gasteiger charge is -2.31. The lowest BCUT2D eigenvalue weighted by atomic mass is 10.0. The van der Waals surface area contributed by atoms with E-state index >= 15 is 0 Å². The summed E-state index contributed by atoms with van der Waals surface area (Å²) in [4.78, 5) is 14.2. The van der Waals surface area contributed by atoms with Gasteiger partial charge in [-0.3, -0.25) is 4.79 Å². The average molecular weight is 234 g/mol. The zero-order valence-electron chi connectivity index (χ0n) is 10.5. The van der Waals surface area contributed by atoms with E-state index in [1.54, 1.807) is 19.2 Å². The van der Waals surface area contributed by atoms with Crippen LogP contribution < -0.4 is 5.32 Å². The largest absolute Gasteiger partial charge is 0.372 e.